The summed E-state index contributed by atoms with van der Waals surface area (Å²) >= 11 is 0. The van der Waals surface area contributed by atoms with E-state index in [1.807, 2.05) is 7.05 Å². The molecule has 1 fully saturated rings. The molecule has 0 unspecified atom stereocenters. The van der Waals surface area contributed by atoms with Crippen molar-refractivity contribution < 1.29 is 13.3 Å². The molecule has 8 nitrogen and oxygen atoms in total. The number of nitro benzene ring substituents is 1. The van der Waals surface area contributed by atoms with Crippen LogP contribution in [0.15, 0.2) is 23.1 Å². The van der Waals surface area contributed by atoms with Crippen LogP contribution in [0.1, 0.15) is 12.8 Å². The fourth-order valence-electron chi connectivity index (χ4n) is 1.99. The molecule has 0 atom stereocenters. The lowest BCUT2D eigenvalue weighted by atomic mass is 10.3. The first kappa shape index (κ1) is 15.7. The molecule has 1 aliphatic rings. The minimum absolute atomic E-state index is 0.0626. The van der Waals surface area contributed by atoms with Gasteiger partial charge in [0, 0.05) is 25.2 Å². The van der Waals surface area contributed by atoms with Gasteiger partial charge in [-0.05, 0) is 32.0 Å². The van der Waals surface area contributed by atoms with Crippen molar-refractivity contribution in [1.29, 1.82) is 0 Å². The largest absolute Gasteiger partial charge is 0.393 e. The van der Waals surface area contributed by atoms with Gasteiger partial charge in [0.05, 0.1) is 9.82 Å². The molecule has 1 saturated carbocycles. The molecular formula is C12H18N4O4S. The maximum atomic E-state index is 12.1. The molecule has 3 N–H and O–H groups in total. The van der Waals surface area contributed by atoms with Crippen LogP contribution >= 0.6 is 0 Å². The van der Waals surface area contributed by atoms with Gasteiger partial charge in [-0.3, -0.25) is 10.1 Å². The Balaban J connectivity index is 2.04. The highest BCUT2D eigenvalue weighted by Gasteiger charge is 2.26. The standard InChI is InChI=1S/C12H18N4O4S/c1-15(9-2-3-9)7-6-14-21(19,20)10-4-5-11(13)12(8-10)16(17)18/h4-5,8-9,14H,2-3,6-7,13H2,1H3. The number of rotatable bonds is 7. The van der Waals surface area contributed by atoms with Crippen LogP contribution in [0.4, 0.5) is 11.4 Å². The van der Waals surface area contributed by atoms with E-state index in [0.29, 0.717) is 12.6 Å². The number of nitrogens with two attached hydrogens (primary N) is 1. The van der Waals surface area contributed by atoms with Gasteiger partial charge in [0.25, 0.3) is 5.69 Å². The Morgan fingerprint density at radius 1 is 1.48 bits per heavy atom. The van der Waals surface area contributed by atoms with Gasteiger partial charge in [-0.2, -0.15) is 0 Å². The summed E-state index contributed by atoms with van der Waals surface area (Å²) in [6, 6.07) is 4.01. The molecule has 0 aliphatic heterocycles. The molecule has 0 bridgehead atoms. The minimum atomic E-state index is -3.77. The van der Waals surface area contributed by atoms with Gasteiger partial charge in [0.15, 0.2) is 0 Å². The van der Waals surface area contributed by atoms with E-state index in [2.05, 4.69) is 9.62 Å². The average Bonchev–Trinajstić information content (AvgIpc) is 3.22. The Morgan fingerprint density at radius 2 is 2.14 bits per heavy atom. The first-order valence-corrected chi connectivity index (χ1v) is 8.03. The van der Waals surface area contributed by atoms with Gasteiger partial charge >= 0.3 is 0 Å². The minimum Gasteiger partial charge on any atom is -0.393 e. The summed E-state index contributed by atoms with van der Waals surface area (Å²) in [5, 5.41) is 10.8. The van der Waals surface area contributed by atoms with Gasteiger partial charge in [-0.25, -0.2) is 13.1 Å². The number of nitro groups is 1. The van der Waals surface area contributed by atoms with E-state index in [0.717, 1.165) is 18.9 Å². The van der Waals surface area contributed by atoms with Gasteiger partial charge in [-0.15, -0.1) is 0 Å². The second kappa shape index (κ2) is 5.96. The van der Waals surface area contributed by atoms with Crippen molar-refractivity contribution in [3.8, 4) is 0 Å². The van der Waals surface area contributed by atoms with Crippen molar-refractivity contribution in [1.82, 2.24) is 9.62 Å². The summed E-state index contributed by atoms with van der Waals surface area (Å²) in [7, 11) is -1.83. The van der Waals surface area contributed by atoms with E-state index in [1.54, 1.807) is 0 Å². The molecule has 0 amide bonds. The Kier molecular flexibility index (Phi) is 4.45. The fraction of sp³-hybridized carbons (Fsp3) is 0.500. The normalized spacial score (nSPS) is 15.3. The van der Waals surface area contributed by atoms with Crippen LogP contribution in [-0.4, -0.2) is 44.4 Å². The lowest BCUT2D eigenvalue weighted by molar-refractivity contribution is -0.384. The fourth-order valence-corrected chi connectivity index (χ4v) is 3.03. The van der Waals surface area contributed by atoms with E-state index in [9.17, 15) is 18.5 Å². The molecule has 1 aliphatic carbocycles. The van der Waals surface area contributed by atoms with Crippen LogP contribution in [0, 0.1) is 10.1 Å². The Hall–Kier alpha value is -1.71. The number of nitrogen functional groups attached to an aromatic ring is 1. The topological polar surface area (TPSA) is 119 Å². The summed E-state index contributed by atoms with van der Waals surface area (Å²) in [6.45, 7) is 0.856. The number of hydrogen-bond donors (Lipinski definition) is 2. The monoisotopic (exact) mass is 314 g/mol. The smallest absolute Gasteiger partial charge is 0.293 e. The number of nitrogens with zero attached hydrogens (tertiary/aromatic N) is 2. The lowest BCUT2D eigenvalue weighted by Crippen LogP contribution is -2.34. The predicted octanol–water partition coefficient (Wildman–Crippen LogP) is 0.550. The second-order valence-electron chi connectivity index (χ2n) is 5.09. The van der Waals surface area contributed by atoms with Gasteiger partial charge in [0.1, 0.15) is 5.69 Å². The molecule has 0 heterocycles. The van der Waals surface area contributed by atoms with Crippen LogP contribution in [-0.2, 0) is 10.0 Å². The molecule has 0 saturated heterocycles. The van der Waals surface area contributed by atoms with Crippen LogP contribution in [0.3, 0.4) is 0 Å². The van der Waals surface area contributed by atoms with Crippen molar-refractivity contribution in [2.45, 2.75) is 23.8 Å². The second-order valence-corrected chi connectivity index (χ2v) is 6.85. The molecule has 21 heavy (non-hydrogen) atoms. The first-order chi connectivity index (χ1) is 9.81. The third kappa shape index (κ3) is 3.90. The zero-order valence-electron chi connectivity index (χ0n) is 11.7. The summed E-state index contributed by atoms with van der Waals surface area (Å²) in [5.74, 6) is 0. The highest BCUT2D eigenvalue weighted by molar-refractivity contribution is 7.89. The van der Waals surface area contributed by atoms with E-state index in [4.69, 9.17) is 5.73 Å². The van der Waals surface area contributed by atoms with Crippen molar-refractivity contribution in [3.05, 3.63) is 28.3 Å². The highest BCUT2D eigenvalue weighted by atomic mass is 32.2. The SMILES string of the molecule is CN(CCNS(=O)(=O)c1ccc(N)c([N+](=O)[O-])c1)C1CC1. The highest BCUT2D eigenvalue weighted by Crippen LogP contribution is 2.25. The number of sulfonamides is 1. The molecule has 9 heteroatoms. The van der Waals surface area contributed by atoms with Gasteiger partial charge in [-0.1, -0.05) is 0 Å². The van der Waals surface area contributed by atoms with Crippen LogP contribution in [0.2, 0.25) is 0 Å². The quantitative estimate of drug-likeness (QED) is 0.431. The van der Waals surface area contributed by atoms with Crippen molar-refractivity contribution in [3.63, 3.8) is 0 Å². The van der Waals surface area contributed by atoms with Gasteiger partial charge in [0.2, 0.25) is 10.0 Å². The summed E-state index contributed by atoms with van der Waals surface area (Å²) in [5.41, 5.74) is 4.98. The Morgan fingerprint density at radius 3 is 2.71 bits per heavy atom. The van der Waals surface area contributed by atoms with E-state index in [1.165, 1.54) is 12.1 Å². The molecule has 1 aromatic rings. The molecular weight excluding hydrogens is 296 g/mol. The van der Waals surface area contributed by atoms with E-state index in [-0.39, 0.29) is 17.1 Å². The molecule has 2 rings (SSSR count). The predicted molar refractivity (Wildman–Crippen MR) is 78.3 cm³/mol. The molecule has 0 radical (unpaired) electrons. The zero-order valence-corrected chi connectivity index (χ0v) is 12.5. The van der Waals surface area contributed by atoms with Crippen molar-refractivity contribution in [2.24, 2.45) is 0 Å². The molecule has 0 aromatic heterocycles. The van der Waals surface area contributed by atoms with E-state index >= 15 is 0 Å². The maximum absolute atomic E-state index is 12.1. The third-order valence-electron chi connectivity index (χ3n) is 3.44. The number of nitrogens with one attached hydrogen (secondary N) is 1. The first-order valence-electron chi connectivity index (χ1n) is 6.55. The number of hydrogen-bond acceptors (Lipinski definition) is 6. The lowest BCUT2D eigenvalue weighted by Gasteiger charge is -2.15. The van der Waals surface area contributed by atoms with Crippen LogP contribution in [0.25, 0.3) is 0 Å². The van der Waals surface area contributed by atoms with Crippen molar-refractivity contribution in [2.75, 3.05) is 25.9 Å². The third-order valence-corrected chi connectivity index (χ3v) is 4.89. The summed E-state index contributed by atoms with van der Waals surface area (Å²) in [6.07, 6.45) is 2.29. The van der Waals surface area contributed by atoms with Crippen molar-refractivity contribution >= 4 is 21.4 Å². The Labute approximate surface area is 123 Å². The summed E-state index contributed by atoms with van der Waals surface area (Å²) in [4.78, 5) is 12.0. The average molecular weight is 314 g/mol. The Bertz CT molecular complexity index is 643. The molecule has 0 spiro atoms. The number of anilines is 1. The van der Waals surface area contributed by atoms with Gasteiger partial charge < -0.3 is 10.6 Å². The number of likely N-dealkylation sites (N-methyl/N-ethyl adjacent to an activating group) is 1. The van der Waals surface area contributed by atoms with Crippen LogP contribution < -0.4 is 10.5 Å². The zero-order chi connectivity index (χ0) is 15.6. The van der Waals surface area contributed by atoms with Crippen LogP contribution in [0.5, 0.6) is 0 Å². The maximum Gasteiger partial charge on any atom is 0.293 e. The molecule has 1 aromatic carbocycles. The van der Waals surface area contributed by atoms with E-state index < -0.39 is 20.6 Å². The molecule has 116 valence electrons. The number of benzene rings is 1. The summed E-state index contributed by atoms with van der Waals surface area (Å²) < 4.78 is 26.6.